The molecular formula is C15H24O2Si. The zero-order valence-electron chi connectivity index (χ0n) is 11.5. The van der Waals surface area contributed by atoms with E-state index in [0.717, 1.165) is 32.1 Å². The molecule has 0 radical (unpaired) electrons. The lowest BCUT2D eigenvalue weighted by Crippen LogP contribution is -2.44. The zero-order chi connectivity index (χ0) is 13.3. The molecule has 0 spiro atoms. The maximum Gasteiger partial charge on any atom is 0.368 e. The molecule has 0 aliphatic carbocycles. The fraction of sp³-hybridized carbons (Fsp3) is 0.467. The monoisotopic (exact) mass is 264 g/mol. The van der Waals surface area contributed by atoms with Gasteiger partial charge >= 0.3 is 8.56 Å². The highest BCUT2D eigenvalue weighted by atomic mass is 28.4. The van der Waals surface area contributed by atoms with Gasteiger partial charge in [-0.2, -0.15) is 0 Å². The molecule has 0 aliphatic rings. The van der Waals surface area contributed by atoms with Crippen LogP contribution in [-0.2, 0) is 14.9 Å². The van der Waals surface area contributed by atoms with Gasteiger partial charge in [-0.1, -0.05) is 44.2 Å². The van der Waals surface area contributed by atoms with Crippen molar-refractivity contribution in [1.82, 2.24) is 0 Å². The third kappa shape index (κ3) is 4.76. The lowest BCUT2D eigenvalue weighted by Gasteiger charge is -2.27. The van der Waals surface area contributed by atoms with Crippen LogP contribution in [0.2, 0.25) is 0 Å². The van der Waals surface area contributed by atoms with Crippen molar-refractivity contribution in [3.05, 3.63) is 48.2 Å². The van der Waals surface area contributed by atoms with E-state index in [9.17, 15) is 0 Å². The summed E-state index contributed by atoms with van der Waals surface area (Å²) >= 11 is 0. The first-order chi connectivity index (χ1) is 8.76. The summed E-state index contributed by atoms with van der Waals surface area (Å²) in [7, 11) is -2.29. The Bertz CT molecular complexity index is 330. The molecule has 0 aromatic heterocycles. The first-order valence-corrected chi connectivity index (χ1v) is 8.82. The minimum absolute atomic E-state index is 0.745. The molecule has 2 nitrogen and oxygen atoms in total. The Morgan fingerprint density at radius 2 is 1.61 bits per heavy atom. The van der Waals surface area contributed by atoms with E-state index in [0.29, 0.717) is 0 Å². The Morgan fingerprint density at radius 3 is 2.06 bits per heavy atom. The number of hydrogen-bond donors (Lipinski definition) is 0. The minimum atomic E-state index is -2.29. The predicted molar refractivity (Wildman–Crippen MR) is 78.6 cm³/mol. The molecule has 0 unspecified atom stereocenters. The maximum atomic E-state index is 6.03. The molecular weight excluding hydrogens is 240 g/mol. The van der Waals surface area contributed by atoms with Crippen LogP contribution in [0.4, 0.5) is 0 Å². The number of rotatable bonds is 9. The Hall–Kier alpha value is -0.903. The van der Waals surface area contributed by atoms with Crippen LogP contribution < -0.4 is 0 Å². The predicted octanol–water partition coefficient (Wildman–Crippen LogP) is 3.79. The third-order valence-corrected chi connectivity index (χ3v) is 5.61. The molecule has 0 heterocycles. The zero-order valence-corrected chi connectivity index (χ0v) is 12.5. The summed E-state index contributed by atoms with van der Waals surface area (Å²) < 4.78 is 12.1. The first-order valence-electron chi connectivity index (χ1n) is 6.71. The van der Waals surface area contributed by atoms with Crippen molar-refractivity contribution in [3.63, 3.8) is 0 Å². The molecule has 0 saturated carbocycles. The average Bonchev–Trinajstić information content (AvgIpc) is 2.43. The Balaban J connectivity index is 2.77. The summed E-state index contributed by atoms with van der Waals surface area (Å²) in [5.41, 5.74) is 3.18. The van der Waals surface area contributed by atoms with Gasteiger partial charge in [-0.05, 0) is 24.1 Å². The molecule has 0 N–H and O–H groups in total. The van der Waals surface area contributed by atoms with Gasteiger partial charge in [0.15, 0.2) is 0 Å². The second kappa shape index (κ2) is 8.24. The van der Waals surface area contributed by atoms with Gasteiger partial charge < -0.3 is 8.85 Å². The molecule has 0 fully saturated rings. The Kier molecular flexibility index (Phi) is 6.94. The molecule has 0 atom stereocenters. The highest BCUT2D eigenvalue weighted by molar-refractivity contribution is 6.72. The second-order valence-corrected chi connectivity index (χ2v) is 7.34. The van der Waals surface area contributed by atoms with E-state index in [-0.39, 0.29) is 0 Å². The summed E-state index contributed by atoms with van der Waals surface area (Å²) in [6.45, 7) is 9.67. The molecule has 1 aromatic carbocycles. The van der Waals surface area contributed by atoms with Crippen LogP contribution in [0, 0.1) is 0 Å². The molecule has 3 heteroatoms. The first kappa shape index (κ1) is 15.2. The quantitative estimate of drug-likeness (QED) is 0.632. The normalized spacial score (nSPS) is 11.4. The van der Waals surface area contributed by atoms with E-state index in [1.54, 1.807) is 0 Å². The van der Waals surface area contributed by atoms with E-state index < -0.39 is 8.56 Å². The van der Waals surface area contributed by atoms with E-state index >= 15 is 0 Å². The van der Waals surface area contributed by atoms with Crippen molar-refractivity contribution in [1.29, 1.82) is 0 Å². The van der Waals surface area contributed by atoms with Crippen molar-refractivity contribution < 1.29 is 8.85 Å². The molecule has 100 valence electrons. The summed E-state index contributed by atoms with van der Waals surface area (Å²) in [5.74, 6) is 0. The van der Waals surface area contributed by atoms with Crippen LogP contribution in [0.5, 0.6) is 0 Å². The van der Waals surface area contributed by atoms with Crippen LogP contribution in [0.15, 0.2) is 42.6 Å². The molecule has 18 heavy (non-hydrogen) atoms. The third-order valence-electron chi connectivity index (χ3n) is 2.71. The second-order valence-electron chi connectivity index (χ2n) is 4.38. The highest BCUT2D eigenvalue weighted by Gasteiger charge is 2.34. The molecule has 0 saturated heterocycles. The van der Waals surface area contributed by atoms with Gasteiger partial charge in [0, 0.05) is 19.3 Å². The topological polar surface area (TPSA) is 18.5 Å². The van der Waals surface area contributed by atoms with E-state index in [2.05, 4.69) is 44.7 Å². The molecule has 1 aromatic rings. The number of hydrogen-bond acceptors (Lipinski definition) is 2. The lowest BCUT2D eigenvalue weighted by atomic mass is 10.2. The van der Waals surface area contributed by atoms with Crippen molar-refractivity contribution in [2.75, 3.05) is 13.2 Å². The summed E-state index contributed by atoms with van der Waals surface area (Å²) in [4.78, 5) is 0. The van der Waals surface area contributed by atoms with E-state index in [4.69, 9.17) is 8.85 Å². The largest absolute Gasteiger partial charge is 0.391 e. The van der Waals surface area contributed by atoms with Crippen LogP contribution in [0.1, 0.15) is 32.3 Å². The van der Waals surface area contributed by atoms with Crippen molar-refractivity contribution >= 4 is 8.56 Å². The van der Waals surface area contributed by atoms with Crippen molar-refractivity contribution in [3.8, 4) is 0 Å². The summed E-state index contributed by atoms with van der Waals surface area (Å²) in [6.07, 6.45) is 2.01. The smallest absolute Gasteiger partial charge is 0.368 e. The number of benzene rings is 1. The standard InChI is InChI=1S/C15H24O2Si/c1-4-12-16-18(6-3,17-13-5-2)14-15-10-8-7-9-11-15/h6-11H,3-5,12-14H2,1-2H3. The Labute approximate surface area is 112 Å². The van der Waals surface area contributed by atoms with Gasteiger partial charge in [0.2, 0.25) is 0 Å². The van der Waals surface area contributed by atoms with E-state index in [1.807, 2.05) is 11.8 Å². The Morgan fingerprint density at radius 1 is 1.06 bits per heavy atom. The fourth-order valence-corrected chi connectivity index (χ4v) is 4.34. The van der Waals surface area contributed by atoms with Crippen LogP contribution in [-0.4, -0.2) is 21.8 Å². The van der Waals surface area contributed by atoms with Crippen molar-refractivity contribution in [2.45, 2.75) is 32.7 Å². The van der Waals surface area contributed by atoms with E-state index in [1.165, 1.54) is 5.56 Å². The van der Waals surface area contributed by atoms with Crippen LogP contribution in [0.3, 0.4) is 0 Å². The van der Waals surface area contributed by atoms with Gasteiger partial charge in [0.25, 0.3) is 0 Å². The van der Waals surface area contributed by atoms with Gasteiger partial charge in [-0.3, -0.25) is 0 Å². The van der Waals surface area contributed by atoms with Crippen molar-refractivity contribution in [2.24, 2.45) is 0 Å². The molecule has 0 amide bonds. The lowest BCUT2D eigenvalue weighted by molar-refractivity contribution is 0.177. The SMILES string of the molecule is C=C[Si](Cc1ccccc1)(OCCC)OCCC. The highest BCUT2D eigenvalue weighted by Crippen LogP contribution is 2.17. The molecule has 0 bridgehead atoms. The van der Waals surface area contributed by atoms with Crippen LogP contribution >= 0.6 is 0 Å². The van der Waals surface area contributed by atoms with Gasteiger partial charge in [-0.15, -0.1) is 6.58 Å². The summed E-state index contributed by atoms with van der Waals surface area (Å²) in [6, 6.07) is 11.2. The van der Waals surface area contributed by atoms with Crippen LogP contribution in [0.25, 0.3) is 0 Å². The van der Waals surface area contributed by atoms with Gasteiger partial charge in [-0.25, -0.2) is 0 Å². The van der Waals surface area contributed by atoms with Gasteiger partial charge in [0.1, 0.15) is 0 Å². The average molecular weight is 264 g/mol. The summed E-state index contributed by atoms with van der Waals surface area (Å²) in [5, 5.41) is 0. The van der Waals surface area contributed by atoms with Gasteiger partial charge in [0.05, 0.1) is 0 Å². The molecule has 1 rings (SSSR count). The maximum absolute atomic E-state index is 6.03. The minimum Gasteiger partial charge on any atom is -0.391 e. The fourth-order valence-electron chi connectivity index (χ4n) is 1.76. The molecule has 0 aliphatic heterocycles.